The lowest BCUT2D eigenvalue weighted by atomic mass is 10.1. The van der Waals surface area contributed by atoms with Crippen molar-refractivity contribution in [2.24, 2.45) is 0 Å². The van der Waals surface area contributed by atoms with Crippen molar-refractivity contribution in [3.05, 3.63) is 42.2 Å². The fourth-order valence-corrected chi connectivity index (χ4v) is 4.90. The van der Waals surface area contributed by atoms with E-state index >= 15 is 0 Å². The number of aromatic nitrogens is 3. The summed E-state index contributed by atoms with van der Waals surface area (Å²) >= 11 is 0. The van der Waals surface area contributed by atoms with E-state index < -0.39 is 15.1 Å². The zero-order chi connectivity index (χ0) is 19.7. The quantitative estimate of drug-likeness (QED) is 0.709. The summed E-state index contributed by atoms with van der Waals surface area (Å²) < 4.78 is 36.1. The first-order chi connectivity index (χ1) is 13.4. The highest BCUT2D eigenvalue weighted by Crippen LogP contribution is 2.28. The minimum absolute atomic E-state index is 0.235. The van der Waals surface area contributed by atoms with E-state index in [2.05, 4.69) is 15.1 Å². The third-order valence-electron chi connectivity index (χ3n) is 4.75. The molecule has 146 valence electrons. The molecular weight excluding hydrogens is 380 g/mol. The van der Waals surface area contributed by atoms with Gasteiger partial charge >= 0.3 is 0 Å². The third-order valence-corrected chi connectivity index (χ3v) is 7.03. The van der Waals surface area contributed by atoms with E-state index in [0.717, 1.165) is 5.56 Å². The number of ether oxygens (including phenoxy) is 1. The van der Waals surface area contributed by atoms with Crippen LogP contribution in [0.2, 0.25) is 0 Å². The van der Waals surface area contributed by atoms with Crippen LogP contribution in [0.5, 0.6) is 0 Å². The number of rotatable bonds is 4. The average Bonchev–Trinajstić information content (AvgIpc) is 3.15. The molecule has 0 bridgehead atoms. The fraction of sp³-hybridized carbons (Fsp3) is 0.316. The Balaban J connectivity index is 1.64. The zero-order valence-corrected chi connectivity index (χ0v) is 16.1. The summed E-state index contributed by atoms with van der Waals surface area (Å²) in [5, 5.41) is 3.45. The van der Waals surface area contributed by atoms with Gasteiger partial charge < -0.3 is 15.0 Å². The normalized spacial score (nSPS) is 15.6. The Morgan fingerprint density at radius 3 is 2.50 bits per heavy atom. The Bertz CT molecular complexity index is 1090. The maximum atomic E-state index is 12.8. The summed E-state index contributed by atoms with van der Waals surface area (Å²) in [4.78, 5) is 9.01. The minimum atomic E-state index is -3.38. The summed E-state index contributed by atoms with van der Waals surface area (Å²) in [6.07, 6.45) is 2.59. The number of aryl methyl sites for hydroxylation is 1. The zero-order valence-electron chi connectivity index (χ0n) is 15.3. The van der Waals surface area contributed by atoms with Crippen LogP contribution in [-0.2, 0) is 14.6 Å². The largest absolute Gasteiger partial charge is 0.382 e. The van der Waals surface area contributed by atoms with Crippen LogP contribution in [0, 0.1) is 6.92 Å². The molecule has 3 heterocycles. The topological polar surface area (TPSA) is 121 Å². The SMILES string of the molecule is Cc1cc(-c2nc(-c3ccc(S(=O)(=O)C4CCOCC4)cc3)cnc2N)on1. The van der Waals surface area contributed by atoms with E-state index in [1.165, 1.54) is 0 Å². The van der Waals surface area contributed by atoms with Crippen LogP contribution < -0.4 is 5.73 Å². The van der Waals surface area contributed by atoms with Gasteiger partial charge in [-0.3, -0.25) is 0 Å². The van der Waals surface area contributed by atoms with Gasteiger partial charge in [-0.15, -0.1) is 0 Å². The molecule has 3 aromatic rings. The van der Waals surface area contributed by atoms with E-state index in [1.807, 2.05) is 0 Å². The van der Waals surface area contributed by atoms with Crippen molar-refractivity contribution in [3.63, 3.8) is 0 Å². The highest BCUT2D eigenvalue weighted by Gasteiger charge is 2.29. The minimum Gasteiger partial charge on any atom is -0.382 e. The summed E-state index contributed by atoms with van der Waals surface area (Å²) in [7, 11) is -3.38. The summed E-state index contributed by atoms with van der Waals surface area (Å²) in [6.45, 7) is 2.76. The second-order valence-electron chi connectivity index (χ2n) is 6.70. The summed E-state index contributed by atoms with van der Waals surface area (Å²) in [6, 6.07) is 8.39. The summed E-state index contributed by atoms with van der Waals surface area (Å²) in [5.74, 6) is 0.668. The number of sulfone groups is 1. The van der Waals surface area contributed by atoms with E-state index in [0.29, 0.717) is 53.8 Å². The number of hydrogen-bond acceptors (Lipinski definition) is 8. The van der Waals surface area contributed by atoms with E-state index in [-0.39, 0.29) is 5.82 Å². The lowest BCUT2D eigenvalue weighted by molar-refractivity contribution is 0.0983. The molecule has 1 saturated heterocycles. The molecule has 0 spiro atoms. The van der Waals surface area contributed by atoms with Crippen LogP contribution in [0.3, 0.4) is 0 Å². The first kappa shape index (κ1) is 18.6. The molecule has 28 heavy (non-hydrogen) atoms. The van der Waals surface area contributed by atoms with Gasteiger partial charge in [0.15, 0.2) is 27.1 Å². The molecule has 9 heteroatoms. The van der Waals surface area contributed by atoms with Crippen molar-refractivity contribution < 1.29 is 17.7 Å². The molecule has 1 aromatic carbocycles. The van der Waals surface area contributed by atoms with Gasteiger partial charge in [0.25, 0.3) is 0 Å². The van der Waals surface area contributed by atoms with Crippen LogP contribution in [0.25, 0.3) is 22.7 Å². The molecule has 0 saturated carbocycles. The van der Waals surface area contributed by atoms with Crippen LogP contribution in [0.15, 0.2) is 45.9 Å². The third kappa shape index (κ3) is 3.50. The van der Waals surface area contributed by atoms with Crippen LogP contribution >= 0.6 is 0 Å². The van der Waals surface area contributed by atoms with E-state index in [9.17, 15) is 8.42 Å². The summed E-state index contributed by atoms with van der Waals surface area (Å²) in [5.41, 5.74) is 8.33. The Kier molecular flexibility index (Phi) is 4.86. The van der Waals surface area contributed by atoms with Crippen molar-refractivity contribution >= 4 is 15.7 Å². The molecule has 2 aromatic heterocycles. The maximum Gasteiger partial charge on any atom is 0.189 e. The van der Waals surface area contributed by atoms with Crippen LogP contribution in [0.4, 0.5) is 5.82 Å². The van der Waals surface area contributed by atoms with Crippen LogP contribution in [0.1, 0.15) is 18.5 Å². The van der Waals surface area contributed by atoms with Crippen molar-refractivity contribution in [1.82, 2.24) is 15.1 Å². The Morgan fingerprint density at radius 2 is 1.86 bits per heavy atom. The highest BCUT2D eigenvalue weighted by molar-refractivity contribution is 7.92. The average molecular weight is 400 g/mol. The smallest absolute Gasteiger partial charge is 0.189 e. The van der Waals surface area contributed by atoms with Gasteiger partial charge in [-0.25, -0.2) is 18.4 Å². The van der Waals surface area contributed by atoms with Crippen molar-refractivity contribution in [2.45, 2.75) is 29.9 Å². The molecule has 4 rings (SSSR count). The van der Waals surface area contributed by atoms with E-state index in [4.69, 9.17) is 15.0 Å². The Hall–Kier alpha value is -2.78. The Labute approximate surface area is 162 Å². The van der Waals surface area contributed by atoms with Crippen molar-refractivity contribution in [1.29, 1.82) is 0 Å². The Morgan fingerprint density at radius 1 is 1.14 bits per heavy atom. The van der Waals surface area contributed by atoms with Gasteiger partial charge in [-0.2, -0.15) is 0 Å². The molecular formula is C19H20N4O4S. The molecule has 2 N–H and O–H groups in total. The predicted molar refractivity (Wildman–Crippen MR) is 103 cm³/mol. The number of nitrogen functional groups attached to an aromatic ring is 1. The van der Waals surface area contributed by atoms with Gasteiger partial charge in [-0.05, 0) is 31.9 Å². The monoisotopic (exact) mass is 400 g/mol. The first-order valence-corrected chi connectivity index (χ1v) is 10.5. The number of benzene rings is 1. The molecule has 0 amide bonds. The second kappa shape index (κ2) is 7.33. The molecule has 8 nitrogen and oxygen atoms in total. The predicted octanol–water partition coefficient (Wildman–Crippen LogP) is 2.64. The molecule has 1 aliphatic heterocycles. The molecule has 1 aliphatic rings. The maximum absolute atomic E-state index is 12.8. The molecule has 0 radical (unpaired) electrons. The highest BCUT2D eigenvalue weighted by atomic mass is 32.2. The van der Waals surface area contributed by atoms with Crippen molar-refractivity contribution in [2.75, 3.05) is 18.9 Å². The van der Waals surface area contributed by atoms with Gasteiger partial charge in [0.2, 0.25) is 0 Å². The van der Waals surface area contributed by atoms with Gasteiger partial charge in [0, 0.05) is 24.8 Å². The molecule has 1 fully saturated rings. The van der Waals surface area contributed by atoms with Crippen molar-refractivity contribution in [3.8, 4) is 22.7 Å². The van der Waals surface area contributed by atoms with Gasteiger partial charge in [0.05, 0.1) is 27.7 Å². The van der Waals surface area contributed by atoms with Crippen LogP contribution in [-0.4, -0.2) is 42.0 Å². The number of nitrogens with two attached hydrogens (primary N) is 1. The fourth-order valence-electron chi connectivity index (χ4n) is 3.19. The van der Waals surface area contributed by atoms with E-state index in [1.54, 1.807) is 43.5 Å². The van der Waals surface area contributed by atoms with Gasteiger partial charge in [-0.1, -0.05) is 17.3 Å². The molecule has 0 aliphatic carbocycles. The van der Waals surface area contributed by atoms with Gasteiger partial charge in [0.1, 0.15) is 0 Å². The lowest BCUT2D eigenvalue weighted by Crippen LogP contribution is -2.28. The number of anilines is 1. The first-order valence-electron chi connectivity index (χ1n) is 8.93. The second-order valence-corrected chi connectivity index (χ2v) is 8.93. The standard InChI is InChI=1S/C19H20N4O4S/c1-12-10-17(27-23-12)18-19(20)21-11-16(22-18)13-2-4-14(5-3-13)28(24,25)15-6-8-26-9-7-15/h2-5,10-11,15H,6-9H2,1H3,(H2,20,21). The molecule has 0 atom stereocenters. The number of nitrogens with zero attached hydrogens (tertiary/aromatic N) is 3. The number of hydrogen-bond donors (Lipinski definition) is 1. The lowest BCUT2D eigenvalue weighted by Gasteiger charge is -2.22. The molecule has 0 unspecified atom stereocenters.